The van der Waals surface area contributed by atoms with E-state index in [2.05, 4.69) is 24.3 Å². The van der Waals surface area contributed by atoms with Gasteiger partial charge in [0.1, 0.15) is 12.4 Å². The quantitative estimate of drug-likeness (QED) is 0.808. The van der Waals surface area contributed by atoms with Crippen molar-refractivity contribution in [3.05, 3.63) is 66.0 Å². The molecule has 2 aromatic rings. The van der Waals surface area contributed by atoms with Gasteiger partial charge in [-0.05, 0) is 55.0 Å². The van der Waals surface area contributed by atoms with Crippen LogP contribution in [0.15, 0.2) is 54.6 Å². The van der Waals surface area contributed by atoms with Crippen LogP contribution in [0.4, 0.5) is 10.1 Å². The number of rotatable bonds is 5. The zero-order valence-electron chi connectivity index (χ0n) is 15.6. The zero-order valence-corrected chi connectivity index (χ0v) is 15.6. The van der Waals surface area contributed by atoms with Crippen LogP contribution in [0.1, 0.15) is 25.3 Å². The number of halogens is 1. The molecule has 0 bridgehead atoms. The second kappa shape index (κ2) is 8.80. The van der Waals surface area contributed by atoms with E-state index in [1.165, 1.54) is 41.7 Å². The molecular weight excluding hydrogens is 343 g/mol. The van der Waals surface area contributed by atoms with Crippen molar-refractivity contribution in [3.8, 4) is 0 Å². The predicted octanol–water partition coefficient (Wildman–Crippen LogP) is 3.66. The van der Waals surface area contributed by atoms with E-state index in [1.807, 2.05) is 11.0 Å². The van der Waals surface area contributed by atoms with E-state index in [4.69, 9.17) is 0 Å². The van der Waals surface area contributed by atoms with Crippen molar-refractivity contribution in [1.29, 1.82) is 0 Å². The number of piperidine rings is 1. The van der Waals surface area contributed by atoms with Crippen LogP contribution in [0.2, 0.25) is 0 Å². The summed E-state index contributed by atoms with van der Waals surface area (Å²) in [5.41, 5.74) is 1.87. The van der Waals surface area contributed by atoms with Crippen LogP contribution in [0.25, 0.3) is 0 Å². The Morgan fingerprint density at radius 3 is 2.26 bits per heavy atom. The van der Waals surface area contributed by atoms with Crippen molar-refractivity contribution in [3.63, 3.8) is 0 Å². The van der Waals surface area contributed by atoms with E-state index in [0.29, 0.717) is 24.7 Å². The van der Waals surface area contributed by atoms with Crippen molar-refractivity contribution >= 4 is 17.5 Å². The van der Waals surface area contributed by atoms with Gasteiger partial charge in [-0.15, -0.1) is 0 Å². The molecule has 0 unspecified atom stereocenters. The third-order valence-electron chi connectivity index (χ3n) is 5.15. The van der Waals surface area contributed by atoms with E-state index in [1.54, 1.807) is 0 Å². The average Bonchev–Trinajstić information content (AvgIpc) is 2.68. The Bertz CT molecular complexity index is 769. The highest BCUT2D eigenvalue weighted by Crippen LogP contribution is 2.22. The Kier molecular flexibility index (Phi) is 6.22. The first kappa shape index (κ1) is 19.1. The number of amides is 2. The van der Waals surface area contributed by atoms with E-state index in [-0.39, 0.29) is 24.2 Å². The van der Waals surface area contributed by atoms with E-state index in [0.717, 1.165) is 19.3 Å². The van der Waals surface area contributed by atoms with Gasteiger partial charge in [-0.3, -0.25) is 9.59 Å². The van der Waals surface area contributed by atoms with Gasteiger partial charge < -0.3 is 9.80 Å². The monoisotopic (exact) mass is 368 g/mol. The number of benzene rings is 2. The van der Waals surface area contributed by atoms with E-state index in [9.17, 15) is 14.0 Å². The molecule has 142 valence electrons. The number of carbonyl (C=O) groups is 2. The minimum atomic E-state index is -0.367. The van der Waals surface area contributed by atoms with E-state index < -0.39 is 0 Å². The van der Waals surface area contributed by atoms with Crippen LogP contribution < -0.4 is 4.90 Å². The lowest BCUT2D eigenvalue weighted by Crippen LogP contribution is -2.45. The first-order chi connectivity index (χ1) is 13.0. The Morgan fingerprint density at radius 2 is 1.67 bits per heavy atom. The van der Waals surface area contributed by atoms with Crippen molar-refractivity contribution in [1.82, 2.24) is 4.90 Å². The molecule has 3 rings (SSSR count). The van der Waals surface area contributed by atoms with Gasteiger partial charge in [-0.1, -0.05) is 30.3 Å². The second-order valence-corrected chi connectivity index (χ2v) is 7.10. The fraction of sp³-hybridized carbons (Fsp3) is 0.364. The molecule has 0 aliphatic carbocycles. The summed E-state index contributed by atoms with van der Waals surface area (Å²) < 4.78 is 13.1. The number of likely N-dealkylation sites (tertiary alicyclic amines) is 1. The highest BCUT2D eigenvalue weighted by Gasteiger charge is 2.25. The molecule has 1 aliphatic heterocycles. The van der Waals surface area contributed by atoms with Crippen LogP contribution >= 0.6 is 0 Å². The number of nitrogens with zero attached hydrogens (tertiary/aromatic N) is 2. The normalized spacial score (nSPS) is 14.8. The molecule has 1 heterocycles. The fourth-order valence-corrected chi connectivity index (χ4v) is 3.57. The average molecular weight is 368 g/mol. The second-order valence-electron chi connectivity index (χ2n) is 7.10. The molecule has 4 nitrogen and oxygen atoms in total. The van der Waals surface area contributed by atoms with Crippen LogP contribution in [0.5, 0.6) is 0 Å². The topological polar surface area (TPSA) is 40.6 Å². The summed E-state index contributed by atoms with van der Waals surface area (Å²) in [4.78, 5) is 27.9. The summed E-state index contributed by atoms with van der Waals surface area (Å²) in [6, 6.07) is 16.1. The van der Waals surface area contributed by atoms with Crippen molar-refractivity contribution in [2.45, 2.75) is 26.2 Å². The maximum atomic E-state index is 13.1. The summed E-state index contributed by atoms with van der Waals surface area (Å²) in [6.45, 7) is 2.84. The predicted molar refractivity (Wildman–Crippen MR) is 104 cm³/mol. The summed E-state index contributed by atoms with van der Waals surface area (Å²) in [7, 11) is 0. The van der Waals surface area contributed by atoms with Crippen molar-refractivity contribution in [2.24, 2.45) is 5.92 Å². The fourth-order valence-electron chi connectivity index (χ4n) is 3.57. The standard InChI is InChI=1S/C22H25FN2O2/c1-17(26)25(21-9-7-20(23)8-10-21)16-22(27)24-13-11-19(12-14-24)15-18-5-3-2-4-6-18/h2-10,19H,11-16H2,1H3. The largest absolute Gasteiger partial charge is 0.341 e. The summed E-state index contributed by atoms with van der Waals surface area (Å²) in [5.74, 6) is -0.0758. The van der Waals surface area contributed by atoms with Gasteiger partial charge in [-0.2, -0.15) is 0 Å². The number of hydrogen-bond donors (Lipinski definition) is 0. The molecule has 1 aliphatic rings. The third-order valence-corrected chi connectivity index (χ3v) is 5.15. The molecule has 2 amide bonds. The minimum absolute atomic E-state index is 0.00961. The smallest absolute Gasteiger partial charge is 0.242 e. The van der Waals surface area contributed by atoms with Crippen LogP contribution in [0, 0.1) is 11.7 Å². The Balaban J connectivity index is 1.55. The van der Waals surface area contributed by atoms with Gasteiger partial charge in [0.2, 0.25) is 11.8 Å². The molecule has 27 heavy (non-hydrogen) atoms. The molecule has 1 saturated heterocycles. The zero-order chi connectivity index (χ0) is 19.2. The number of hydrogen-bond acceptors (Lipinski definition) is 2. The summed E-state index contributed by atoms with van der Waals surface area (Å²) in [5, 5.41) is 0. The molecule has 2 aromatic carbocycles. The van der Waals surface area contributed by atoms with Gasteiger partial charge in [0.25, 0.3) is 0 Å². The molecule has 5 heteroatoms. The lowest BCUT2D eigenvalue weighted by Gasteiger charge is -2.33. The van der Waals surface area contributed by atoms with Crippen molar-refractivity contribution in [2.75, 3.05) is 24.5 Å². The Morgan fingerprint density at radius 1 is 1.04 bits per heavy atom. The van der Waals surface area contributed by atoms with E-state index >= 15 is 0 Å². The number of carbonyl (C=O) groups excluding carboxylic acids is 2. The lowest BCUT2D eigenvalue weighted by molar-refractivity contribution is -0.132. The molecule has 0 saturated carbocycles. The van der Waals surface area contributed by atoms with Gasteiger partial charge >= 0.3 is 0 Å². The summed E-state index contributed by atoms with van der Waals surface area (Å²) in [6.07, 6.45) is 2.98. The van der Waals surface area contributed by atoms with Crippen LogP contribution in [-0.4, -0.2) is 36.3 Å². The molecule has 0 atom stereocenters. The molecule has 0 aromatic heterocycles. The highest BCUT2D eigenvalue weighted by atomic mass is 19.1. The van der Waals surface area contributed by atoms with Gasteiger partial charge in [0.05, 0.1) is 0 Å². The highest BCUT2D eigenvalue weighted by molar-refractivity contribution is 5.97. The molecule has 1 fully saturated rings. The molecule has 0 N–H and O–H groups in total. The number of anilines is 1. The third kappa shape index (κ3) is 5.16. The van der Waals surface area contributed by atoms with Crippen LogP contribution in [0.3, 0.4) is 0 Å². The first-order valence-electron chi connectivity index (χ1n) is 9.38. The molecule has 0 spiro atoms. The van der Waals surface area contributed by atoms with Gasteiger partial charge in [0.15, 0.2) is 0 Å². The molecular formula is C22H25FN2O2. The van der Waals surface area contributed by atoms with Gasteiger partial charge in [-0.25, -0.2) is 4.39 Å². The first-order valence-corrected chi connectivity index (χ1v) is 9.38. The Hall–Kier alpha value is -2.69. The minimum Gasteiger partial charge on any atom is -0.341 e. The van der Waals surface area contributed by atoms with Crippen LogP contribution in [-0.2, 0) is 16.0 Å². The molecule has 0 radical (unpaired) electrons. The lowest BCUT2D eigenvalue weighted by atomic mass is 9.90. The maximum absolute atomic E-state index is 13.1. The van der Waals surface area contributed by atoms with Crippen molar-refractivity contribution < 1.29 is 14.0 Å². The summed E-state index contributed by atoms with van der Waals surface area (Å²) >= 11 is 0. The Labute approximate surface area is 159 Å². The SMILES string of the molecule is CC(=O)N(CC(=O)N1CCC(Cc2ccccc2)CC1)c1ccc(F)cc1. The maximum Gasteiger partial charge on any atom is 0.242 e. The van der Waals surface area contributed by atoms with Gasteiger partial charge in [0, 0.05) is 25.7 Å².